The first-order chi connectivity index (χ1) is 9.36. The van der Waals surface area contributed by atoms with Crippen LogP contribution in [-0.2, 0) is 6.18 Å². The van der Waals surface area contributed by atoms with Gasteiger partial charge in [-0.15, -0.1) is 0 Å². The topological polar surface area (TPSA) is 24.9 Å². The third-order valence-electron chi connectivity index (χ3n) is 4.20. The van der Waals surface area contributed by atoms with Crippen LogP contribution in [0.1, 0.15) is 44.6 Å². The van der Waals surface area contributed by atoms with Gasteiger partial charge in [0, 0.05) is 17.2 Å². The number of nitrogens with zero attached hydrogens (tertiary/aromatic N) is 1. The Labute approximate surface area is 125 Å². The fourth-order valence-electron chi connectivity index (χ4n) is 2.85. The molecular weight excluding hydrogens is 333 g/mol. The molecule has 0 unspecified atom stereocenters. The van der Waals surface area contributed by atoms with Crippen molar-refractivity contribution in [3.8, 4) is 0 Å². The zero-order valence-corrected chi connectivity index (χ0v) is 12.9. The van der Waals surface area contributed by atoms with Crippen molar-refractivity contribution in [2.24, 2.45) is 5.41 Å². The van der Waals surface area contributed by atoms with Gasteiger partial charge in [-0.05, 0) is 46.7 Å². The molecule has 1 aliphatic rings. The number of aromatic nitrogens is 1. The first kappa shape index (κ1) is 15.6. The van der Waals surface area contributed by atoms with Gasteiger partial charge in [0.15, 0.2) is 0 Å². The Kier molecular flexibility index (Phi) is 4.62. The molecule has 1 aromatic heterocycles. The Morgan fingerprint density at radius 3 is 2.55 bits per heavy atom. The molecule has 1 aliphatic carbocycles. The quantitative estimate of drug-likeness (QED) is 0.802. The maximum atomic E-state index is 13.0. The summed E-state index contributed by atoms with van der Waals surface area (Å²) in [4.78, 5) is 3.89. The molecule has 0 aliphatic heterocycles. The molecule has 1 N–H and O–H groups in total. The molecule has 1 fully saturated rings. The number of hydrogen-bond acceptors (Lipinski definition) is 2. The molecule has 112 valence electrons. The molecule has 0 bridgehead atoms. The number of pyridine rings is 1. The van der Waals surface area contributed by atoms with E-state index in [1.807, 2.05) is 0 Å². The third kappa shape index (κ3) is 3.45. The normalized spacial score (nSPS) is 18.2. The van der Waals surface area contributed by atoms with E-state index in [1.165, 1.54) is 6.20 Å². The smallest absolute Gasteiger partial charge is 0.369 e. The van der Waals surface area contributed by atoms with Crippen LogP contribution in [0.2, 0.25) is 0 Å². The van der Waals surface area contributed by atoms with E-state index in [0.29, 0.717) is 11.0 Å². The fraction of sp³-hybridized carbons (Fsp3) is 0.643. The molecule has 0 amide bonds. The van der Waals surface area contributed by atoms with E-state index < -0.39 is 11.7 Å². The largest absolute Gasteiger partial charge is 0.419 e. The molecular formula is C14H18BrF3N2. The lowest BCUT2D eigenvalue weighted by Crippen LogP contribution is -2.27. The summed E-state index contributed by atoms with van der Waals surface area (Å²) in [6, 6.07) is 1.07. The van der Waals surface area contributed by atoms with Crippen LogP contribution in [0, 0.1) is 5.41 Å². The number of nitrogens with one attached hydrogen (secondary N) is 1. The highest BCUT2D eigenvalue weighted by molar-refractivity contribution is 9.10. The molecule has 0 saturated heterocycles. The molecule has 0 spiro atoms. The average molecular weight is 351 g/mol. The Morgan fingerprint density at radius 2 is 2.00 bits per heavy atom. The Balaban J connectivity index is 2.17. The van der Waals surface area contributed by atoms with Crippen LogP contribution in [0.25, 0.3) is 0 Å². The number of halogens is 4. The van der Waals surface area contributed by atoms with Gasteiger partial charge in [-0.3, -0.25) is 0 Å². The lowest BCUT2D eigenvalue weighted by Gasteiger charge is -2.28. The fourth-order valence-corrected chi connectivity index (χ4v) is 3.18. The zero-order chi connectivity index (χ0) is 14.8. The van der Waals surface area contributed by atoms with Gasteiger partial charge < -0.3 is 5.32 Å². The van der Waals surface area contributed by atoms with Crippen LogP contribution in [0.3, 0.4) is 0 Å². The SMILES string of the molecule is CCC1(CNc2ncc(Br)cc2C(F)(F)F)CCCC1. The van der Waals surface area contributed by atoms with Crippen molar-refractivity contribution in [2.75, 3.05) is 11.9 Å². The molecule has 0 aromatic carbocycles. The summed E-state index contributed by atoms with van der Waals surface area (Å²) < 4.78 is 39.4. The highest BCUT2D eigenvalue weighted by Gasteiger charge is 2.36. The highest BCUT2D eigenvalue weighted by atomic mass is 79.9. The monoisotopic (exact) mass is 350 g/mol. The molecule has 1 saturated carbocycles. The van der Waals surface area contributed by atoms with Crippen LogP contribution >= 0.6 is 15.9 Å². The summed E-state index contributed by atoms with van der Waals surface area (Å²) in [5.41, 5.74) is -0.589. The number of alkyl halides is 3. The molecule has 0 atom stereocenters. The van der Waals surface area contributed by atoms with Crippen molar-refractivity contribution in [3.05, 3.63) is 22.3 Å². The van der Waals surface area contributed by atoms with Crippen molar-refractivity contribution < 1.29 is 13.2 Å². The molecule has 1 aromatic rings. The van der Waals surface area contributed by atoms with Gasteiger partial charge in [-0.1, -0.05) is 19.8 Å². The lowest BCUT2D eigenvalue weighted by atomic mass is 9.83. The van der Waals surface area contributed by atoms with Gasteiger partial charge in [0.05, 0.1) is 5.56 Å². The molecule has 2 rings (SSSR count). The van der Waals surface area contributed by atoms with Crippen LogP contribution in [0.15, 0.2) is 16.7 Å². The minimum absolute atomic E-state index is 0.0691. The second-order valence-corrected chi connectivity index (χ2v) is 6.38. The third-order valence-corrected chi connectivity index (χ3v) is 4.64. The van der Waals surface area contributed by atoms with Crippen molar-refractivity contribution in [1.29, 1.82) is 0 Å². The number of rotatable bonds is 4. The van der Waals surface area contributed by atoms with Gasteiger partial charge in [-0.25, -0.2) is 4.98 Å². The molecule has 6 heteroatoms. The van der Waals surface area contributed by atoms with Gasteiger partial charge in [0.2, 0.25) is 0 Å². The first-order valence-electron chi connectivity index (χ1n) is 6.83. The molecule has 20 heavy (non-hydrogen) atoms. The predicted molar refractivity (Wildman–Crippen MR) is 76.6 cm³/mol. The van der Waals surface area contributed by atoms with Gasteiger partial charge in [0.25, 0.3) is 0 Å². The van der Waals surface area contributed by atoms with Gasteiger partial charge in [0.1, 0.15) is 5.82 Å². The van der Waals surface area contributed by atoms with E-state index >= 15 is 0 Å². The highest BCUT2D eigenvalue weighted by Crippen LogP contribution is 2.42. The zero-order valence-electron chi connectivity index (χ0n) is 11.4. The summed E-state index contributed by atoms with van der Waals surface area (Å²) in [6.07, 6.45) is 2.46. The summed E-state index contributed by atoms with van der Waals surface area (Å²) in [6.45, 7) is 2.66. The summed E-state index contributed by atoms with van der Waals surface area (Å²) in [5.74, 6) is -0.0691. The minimum atomic E-state index is -4.39. The van der Waals surface area contributed by atoms with E-state index in [1.54, 1.807) is 0 Å². The summed E-state index contributed by atoms with van der Waals surface area (Å²) >= 11 is 3.04. The van der Waals surface area contributed by atoms with E-state index in [2.05, 4.69) is 33.2 Å². The number of anilines is 1. The van der Waals surface area contributed by atoms with Crippen LogP contribution in [-0.4, -0.2) is 11.5 Å². The van der Waals surface area contributed by atoms with Crippen LogP contribution in [0.5, 0.6) is 0 Å². The maximum Gasteiger partial charge on any atom is 0.419 e. The van der Waals surface area contributed by atoms with E-state index in [9.17, 15) is 13.2 Å². The second kappa shape index (κ2) is 5.92. The van der Waals surface area contributed by atoms with Crippen LogP contribution < -0.4 is 5.32 Å². The Bertz CT molecular complexity index is 468. The lowest BCUT2D eigenvalue weighted by molar-refractivity contribution is -0.137. The average Bonchev–Trinajstić information content (AvgIpc) is 2.86. The molecule has 0 radical (unpaired) electrons. The Morgan fingerprint density at radius 1 is 1.35 bits per heavy atom. The van der Waals surface area contributed by atoms with E-state index in [-0.39, 0.29) is 11.2 Å². The summed E-state index contributed by atoms with van der Waals surface area (Å²) in [5, 5.41) is 2.93. The van der Waals surface area contributed by atoms with Crippen molar-refractivity contribution >= 4 is 21.7 Å². The Hall–Kier alpha value is -0.780. The van der Waals surface area contributed by atoms with Gasteiger partial charge >= 0.3 is 6.18 Å². The van der Waals surface area contributed by atoms with E-state index in [0.717, 1.165) is 38.2 Å². The first-order valence-corrected chi connectivity index (χ1v) is 7.62. The van der Waals surface area contributed by atoms with Gasteiger partial charge in [-0.2, -0.15) is 13.2 Å². The number of hydrogen-bond donors (Lipinski definition) is 1. The van der Waals surface area contributed by atoms with Crippen molar-refractivity contribution in [2.45, 2.75) is 45.2 Å². The van der Waals surface area contributed by atoms with Crippen molar-refractivity contribution in [1.82, 2.24) is 4.98 Å². The maximum absolute atomic E-state index is 13.0. The predicted octanol–water partition coefficient (Wildman–Crippen LogP) is 5.25. The molecule has 2 nitrogen and oxygen atoms in total. The second-order valence-electron chi connectivity index (χ2n) is 5.46. The van der Waals surface area contributed by atoms with E-state index in [4.69, 9.17) is 0 Å². The standard InChI is InChI=1S/C14H18BrF3N2/c1-2-13(5-3-4-6-13)9-20-12-11(14(16,17)18)7-10(15)8-19-12/h7-8H,2-6,9H2,1H3,(H,19,20). The molecule has 1 heterocycles. The minimum Gasteiger partial charge on any atom is -0.369 e. The van der Waals surface area contributed by atoms with Crippen LogP contribution in [0.4, 0.5) is 19.0 Å². The summed E-state index contributed by atoms with van der Waals surface area (Å²) in [7, 11) is 0. The van der Waals surface area contributed by atoms with Crippen molar-refractivity contribution in [3.63, 3.8) is 0 Å².